The van der Waals surface area contributed by atoms with E-state index in [0.717, 1.165) is 28.5 Å². The summed E-state index contributed by atoms with van der Waals surface area (Å²) in [6, 6.07) is 5.21. The van der Waals surface area contributed by atoms with E-state index < -0.39 is 5.60 Å². The monoisotopic (exact) mass is 311 g/mol. The van der Waals surface area contributed by atoms with Gasteiger partial charge in [0.25, 0.3) is 5.91 Å². The Balaban J connectivity index is 1.97. The summed E-state index contributed by atoms with van der Waals surface area (Å²) < 4.78 is 8.20. The SMILES string of the molecule is CSCCC(C)(O)CNC(=O)c1ccc2nsnc2c1. The molecule has 1 aromatic heterocycles. The van der Waals surface area contributed by atoms with Crippen molar-refractivity contribution in [3.05, 3.63) is 23.8 Å². The van der Waals surface area contributed by atoms with Crippen LogP contribution in [0.15, 0.2) is 18.2 Å². The number of amides is 1. The second kappa shape index (κ2) is 6.51. The summed E-state index contributed by atoms with van der Waals surface area (Å²) in [7, 11) is 0. The minimum atomic E-state index is -0.884. The molecule has 20 heavy (non-hydrogen) atoms. The van der Waals surface area contributed by atoms with Crippen molar-refractivity contribution in [2.75, 3.05) is 18.6 Å². The van der Waals surface area contributed by atoms with Gasteiger partial charge in [-0.25, -0.2) is 0 Å². The summed E-state index contributed by atoms with van der Waals surface area (Å²) in [5.41, 5.74) is 1.16. The van der Waals surface area contributed by atoms with Crippen LogP contribution in [0.25, 0.3) is 11.0 Å². The molecule has 0 aliphatic heterocycles. The van der Waals surface area contributed by atoms with E-state index >= 15 is 0 Å². The minimum Gasteiger partial charge on any atom is -0.388 e. The molecule has 0 aliphatic rings. The second-order valence-corrected chi connectivity index (χ2v) is 6.40. The first-order valence-electron chi connectivity index (χ1n) is 6.24. The molecule has 1 heterocycles. The quantitative estimate of drug-likeness (QED) is 0.852. The summed E-state index contributed by atoms with van der Waals surface area (Å²) >= 11 is 2.80. The third kappa shape index (κ3) is 3.91. The summed E-state index contributed by atoms with van der Waals surface area (Å²) in [4.78, 5) is 12.1. The first-order valence-corrected chi connectivity index (χ1v) is 8.36. The van der Waals surface area contributed by atoms with E-state index in [1.54, 1.807) is 36.9 Å². The fraction of sp³-hybridized carbons (Fsp3) is 0.462. The minimum absolute atomic E-state index is 0.204. The largest absolute Gasteiger partial charge is 0.388 e. The maximum Gasteiger partial charge on any atom is 0.251 e. The predicted molar refractivity (Wildman–Crippen MR) is 83.4 cm³/mol. The lowest BCUT2D eigenvalue weighted by atomic mass is 10.0. The Labute approximate surface area is 126 Å². The average molecular weight is 311 g/mol. The molecule has 0 fully saturated rings. The predicted octanol–water partition coefficient (Wildman–Crippen LogP) is 1.93. The molecule has 2 rings (SSSR count). The number of aliphatic hydroxyl groups is 1. The lowest BCUT2D eigenvalue weighted by molar-refractivity contribution is 0.0528. The Morgan fingerprint density at radius 3 is 2.95 bits per heavy atom. The van der Waals surface area contributed by atoms with Gasteiger partial charge in [0.15, 0.2) is 0 Å². The molecule has 0 radical (unpaired) electrons. The van der Waals surface area contributed by atoms with Gasteiger partial charge in [0, 0.05) is 12.1 Å². The summed E-state index contributed by atoms with van der Waals surface area (Å²) in [6.45, 7) is 1.97. The van der Waals surface area contributed by atoms with Crippen molar-refractivity contribution < 1.29 is 9.90 Å². The van der Waals surface area contributed by atoms with Gasteiger partial charge in [-0.15, -0.1) is 0 Å². The van der Waals surface area contributed by atoms with Crippen LogP contribution in [-0.2, 0) is 0 Å². The Kier molecular flexibility index (Phi) is 4.95. The van der Waals surface area contributed by atoms with Crippen LogP contribution < -0.4 is 5.32 Å². The van der Waals surface area contributed by atoms with E-state index in [1.807, 2.05) is 6.26 Å². The Morgan fingerprint density at radius 2 is 2.20 bits per heavy atom. The third-order valence-electron chi connectivity index (χ3n) is 2.99. The molecular weight excluding hydrogens is 294 g/mol. The summed E-state index contributed by atoms with van der Waals surface area (Å²) in [5.74, 6) is 0.656. The molecular formula is C13H17N3O2S2. The lowest BCUT2D eigenvalue weighted by Gasteiger charge is -2.23. The van der Waals surface area contributed by atoms with E-state index in [2.05, 4.69) is 14.1 Å². The van der Waals surface area contributed by atoms with Crippen LogP contribution in [0.3, 0.4) is 0 Å². The van der Waals surface area contributed by atoms with E-state index in [1.165, 1.54) is 0 Å². The summed E-state index contributed by atoms with van der Waals surface area (Å²) in [6.07, 6.45) is 2.63. The van der Waals surface area contributed by atoms with E-state index in [9.17, 15) is 9.90 Å². The van der Waals surface area contributed by atoms with Crippen molar-refractivity contribution in [2.24, 2.45) is 0 Å². The van der Waals surface area contributed by atoms with Gasteiger partial charge in [-0.05, 0) is 43.6 Å². The van der Waals surface area contributed by atoms with Gasteiger partial charge in [0.2, 0.25) is 0 Å². The smallest absolute Gasteiger partial charge is 0.251 e. The molecule has 5 nitrogen and oxygen atoms in total. The number of carbonyl (C=O) groups excluding carboxylic acids is 1. The molecule has 108 valence electrons. The van der Waals surface area contributed by atoms with Crippen LogP contribution in [0, 0.1) is 0 Å². The number of rotatable bonds is 6. The molecule has 0 aliphatic carbocycles. The molecule has 0 saturated heterocycles. The lowest BCUT2D eigenvalue weighted by Crippen LogP contribution is -2.41. The van der Waals surface area contributed by atoms with Crippen LogP contribution >= 0.6 is 23.5 Å². The van der Waals surface area contributed by atoms with Gasteiger partial charge in [0.1, 0.15) is 11.0 Å². The zero-order valence-corrected chi connectivity index (χ0v) is 13.1. The van der Waals surface area contributed by atoms with E-state index in [0.29, 0.717) is 12.0 Å². The fourth-order valence-corrected chi connectivity index (χ4v) is 2.87. The number of hydrogen-bond donors (Lipinski definition) is 2. The number of fused-ring (bicyclic) bond motifs is 1. The molecule has 0 spiro atoms. The second-order valence-electron chi connectivity index (χ2n) is 4.89. The van der Waals surface area contributed by atoms with Crippen LogP contribution in [0.1, 0.15) is 23.7 Å². The molecule has 2 N–H and O–H groups in total. The molecule has 0 bridgehead atoms. The first kappa shape index (κ1) is 15.2. The zero-order chi connectivity index (χ0) is 14.6. The highest BCUT2D eigenvalue weighted by Gasteiger charge is 2.21. The number of thioether (sulfide) groups is 1. The highest BCUT2D eigenvalue weighted by Crippen LogP contribution is 2.15. The zero-order valence-electron chi connectivity index (χ0n) is 11.4. The molecule has 0 saturated carbocycles. The van der Waals surface area contributed by atoms with Gasteiger partial charge < -0.3 is 10.4 Å². The number of carbonyl (C=O) groups is 1. The number of hydrogen-bond acceptors (Lipinski definition) is 6. The highest BCUT2D eigenvalue weighted by molar-refractivity contribution is 7.98. The molecule has 1 amide bonds. The van der Waals surface area contributed by atoms with Crippen molar-refractivity contribution in [1.29, 1.82) is 0 Å². The maximum atomic E-state index is 12.1. The van der Waals surface area contributed by atoms with Crippen molar-refractivity contribution in [3.8, 4) is 0 Å². The van der Waals surface area contributed by atoms with Crippen LogP contribution in [0.2, 0.25) is 0 Å². The Morgan fingerprint density at radius 1 is 1.45 bits per heavy atom. The van der Waals surface area contributed by atoms with Gasteiger partial charge in [-0.3, -0.25) is 4.79 Å². The number of nitrogens with one attached hydrogen (secondary N) is 1. The highest BCUT2D eigenvalue weighted by atomic mass is 32.2. The van der Waals surface area contributed by atoms with Gasteiger partial charge in [-0.1, -0.05) is 0 Å². The third-order valence-corrected chi connectivity index (χ3v) is 4.16. The number of nitrogens with zero attached hydrogens (tertiary/aromatic N) is 2. The Bertz CT molecular complexity index is 598. The van der Waals surface area contributed by atoms with Crippen molar-refractivity contribution >= 4 is 40.4 Å². The van der Waals surface area contributed by atoms with Gasteiger partial charge in [-0.2, -0.15) is 20.5 Å². The molecule has 7 heteroatoms. The van der Waals surface area contributed by atoms with E-state index in [-0.39, 0.29) is 12.5 Å². The molecule has 2 aromatic rings. The van der Waals surface area contributed by atoms with E-state index in [4.69, 9.17) is 0 Å². The molecule has 1 unspecified atom stereocenters. The standard InChI is InChI=1S/C13H17N3O2S2/c1-13(18,5-6-19-2)8-14-12(17)9-3-4-10-11(7-9)16-20-15-10/h3-4,7,18H,5-6,8H2,1-2H3,(H,14,17). The number of benzene rings is 1. The molecule has 1 atom stereocenters. The van der Waals surface area contributed by atoms with Gasteiger partial charge >= 0.3 is 0 Å². The topological polar surface area (TPSA) is 75.1 Å². The first-order chi connectivity index (χ1) is 9.52. The number of aromatic nitrogens is 2. The van der Waals surface area contributed by atoms with Crippen LogP contribution in [-0.4, -0.2) is 43.9 Å². The van der Waals surface area contributed by atoms with Crippen molar-refractivity contribution in [1.82, 2.24) is 14.1 Å². The van der Waals surface area contributed by atoms with Crippen LogP contribution in [0.5, 0.6) is 0 Å². The summed E-state index contributed by atoms with van der Waals surface area (Å²) in [5, 5.41) is 12.9. The molecule has 1 aromatic carbocycles. The van der Waals surface area contributed by atoms with Gasteiger partial charge in [0.05, 0.1) is 17.3 Å². The average Bonchev–Trinajstić information content (AvgIpc) is 2.90. The van der Waals surface area contributed by atoms with Crippen LogP contribution in [0.4, 0.5) is 0 Å². The fourth-order valence-electron chi connectivity index (χ4n) is 1.71. The van der Waals surface area contributed by atoms with Crippen molar-refractivity contribution in [3.63, 3.8) is 0 Å². The Hall–Kier alpha value is -1.18. The van der Waals surface area contributed by atoms with Crippen molar-refractivity contribution in [2.45, 2.75) is 18.9 Å². The maximum absolute atomic E-state index is 12.1. The normalized spacial score (nSPS) is 14.2.